The molecule has 14 aromatic carbocycles. The van der Waals surface area contributed by atoms with Gasteiger partial charge in [-0.1, -0.05) is 237 Å². The monoisotopic (exact) mass is 1210 g/mol. The van der Waals surface area contributed by atoms with Gasteiger partial charge in [0.25, 0.3) is 6.71 Å². The van der Waals surface area contributed by atoms with E-state index in [4.69, 9.17) is 15.0 Å². The third-order valence-corrected chi connectivity index (χ3v) is 19.3. The normalized spacial score (nSPS) is 12.4. The largest absolute Gasteiger partial charge is 0.311 e. The molecule has 0 saturated heterocycles. The standard InChI is InChI=1S/C87H56BN7/c1-6-27-57(28-7-1)85-89-86(58-29-8-2-9-30-58)91-87(90-85)70-44-26-43-67(84(70)95-76-48-21-17-42-69(76)72-55-71-68-41-16-20-47-75(68)92(79(71)56-80(72)95)64-35-10-3-11-36-64)62-34-25-32-60(52-62)59-31-24-33-61(51-59)63-53-81-83-82(54-63)94(66-39-14-5-15-40-66)78-50-23-19-46-74(78)88(83)73-45-18-22-49-77(73)93(81)65-37-12-4-13-38-65/h1-56H. The van der Waals surface area contributed by atoms with E-state index < -0.39 is 0 Å². The fraction of sp³-hybridized carbons (Fsp3) is 0. The summed E-state index contributed by atoms with van der Waals surface area (Å²) in [5.74, 6) is 1.77. The van der Waals surface area contributed by atoms with Crippen molar-refractivity contribution in [3.8, 4) is 78.9 Å². The molecule has 0 unspecified atom stereocenters. The number of hydrogen-bond donors (Lipinski definition) is 0. The lowest BCUT2D eigenvalue weighted by Crippen LogP contribution is -2.61. The van der Waals surface area contributed by atoms with Crippen molar-refractivity contribution in [3.05, 3.63) is 340 Å². The highest BCUT2D eigenvalue weighted by Crippen LogP contribution is 2.48. The molecule has 0 atom stereocenters. The van der Waals surface area contributed by atoms with Crippen molar-refractivity contribution in [1.29, 1.82) is 0 Å². The average molecular weight is 1210 g/mol. The molecule has 0 fully saturated rings. The number of fused-ring (bicyclic) bond motifs is 10. The van der Waals surface area contributed by atoms with Gasteiger partial charge in [0.1, 0.15) is 0 Å². The van der Waals surface area contributed by atoms with Crippen LogP contribution in [0, 0.1) is 0 Å². The number of para-hydroxylation sites is 8. The molecule has 0 bridgehead atoms. The minimum atomic E-state index is 0.0187. The zero-order valence-electron chi connectivity index (χ0n) is 51.5. The van der Waals surface area contributed by atoms with Gasteiger partial charge in [0.2, 0.25) is 0 Å². The Morgan fingerprint density at radius 3 is 1.19 bits per heavy atom. The first kappa shape index (κ1) is 54.1. The van der Waals surface area contributed by atoms with E-state index in [0.29, 0.717) is 17.5 Å². The van der Waals surface area contributed by atoms with E-state index in [-0.39, 0.29) is 6.71 Å². The van der Waals surface area contributed by atoms with Crippen molar-refractivity contribution in [2.45, 2.75) is 0 Å². The number of aromatic nitrogens is 5. The van der Waals surface area contributed by atoms with Crippen LogP contribution in [0.25, 0.3) is 123 Å². The maximum atomic E-state index is 5.47. The molecule has 95 heavy (non-hydrogen) atoms. The second-order valence-electron chi connectivity index (χ2n) is 24.6. The molecular formula is C87H56BN7. The lowest BCUT2D eigenvalue weighted by molar-refractivity contribution is 1.06. The van der Waals surface area contributed by atoms with Crippen LogP contribution in [-0.4, -0.2) is 30.8 Å². The molecular weight excluding hydrogens is 1150 g/mol. The Morgan fingerprint density at radius 2 is 0.632 bits per heavy atom. The maximum Gasteiger partial charge on any atom is 0.252 e. The molecule has 0 aliphatic carbocycles. The molecule has 17 aromatic rings. The van der Waals surface area contributed by atoms with Crippen LogP contribution in [0.3, 0.4) is 0 Å². The van der Waals surface area contributed by atoms with Crippen LogP contribution in [0.1, 0.15) is 0 Å². The fourth-order valence-corrected chi connectivity index (χ4v) is 15.2. The molecule has 3 aromatic heterocycles. The van der Waals surface area contributed by atoms with E-state index in [1.54, 1.807) is 0 Å². The highest BCUT2D eigenvalue weighted by molar-refractivity contribution is 7.00. The molecule has 0 saturated carbocycles. The highest BCUT2D eigenvalue weighted by atomic mass is 15.2. The van der Waals surface area contributed by atoms with Gasteiger partial charge in [-0.15, -0.1) is 0 Å². The summed E-state index contributed by atoms with van der Waals surface area (Å²) in [6.45, 7) is 0.0187. The predicted molar refractivity (Wildman–Crippen MR) is 395 cm³/mol. The van der Waals surface area contributed by atoms with E-state index in [9.17, 15) is 0 Å². The van der Waals surface area contributed by atoms with Gasteiger partial charge in [-0.2, -0.15) is 0 Å². The molecule has 0 spiro atoms. The SMILES string of the molecule is c1ccc(-c2nc(-c3ccccc3)nc(-c3cccc(-c4cccc(-c5cccc(-c6cc7c8c(c6)N(c6ccccc6)c6ccccc6B8c6ccccc6N7c6ccccc6)c5)c4)c3-n3c4ccccc4c4cc5c6ccccc6n(-c6ccccc6)c5cc43)n2)cc1. The Kier molecular flexibility index (Phi) is 12.6. The van der Waals surface area contributed by atoms with Gasteiger partial charge in [-0.05, 0) is 147 Å². The van der Waals surface area contributed by atoms with Crippen molar-refractivity contribution in [3.63, 3.8) is 0 Å². The molecule has 8 heteroatoms. The van der Waals surface area contributed by atoms with E-state index >= 15 is 0 Å². The van der Waals surface area contributed by atoms with E-state index in [1.807, 2.05) is 36.4 Å². The van der Waals surface area contributed by atoms with Crippen LogP contribution in [-0.2, 0) is 0 Å². The quantitative estimate of drug-likeness (QED) is 0.128. The summed E-state index contributed by atoms with van der Waals surface area (Å²) in [5, 5.41) is 4.70. The molecule has 19 rings (SSSR count). The lowest BCUT2D eigenvalue weighted by Gasteiger charge is -2.44. The number of hydrogen-bond acceptors (Lipinski definition) is 5. The topological polar surface area (TPSA) is 55.0 Å². The molecule has 0 radical (unpaired) electrons. The first-order valence-electron chi connectivity index (χ1n) is 32.4. The van der Waals surface area contributed by atoms with Crippen molar-refractivity contribution in [2.24, 2.45) is 0 Å². The molecule has 0 amide bonds. The Bertz CT molecular complexity index is 5700. The lowest BCUT2D eigenvalue weighted by atomic mass is 9.33. The summed E-state index contributed by atoms with van der Waals surface area (Å²) in [5.41, 5.74) is 26.5. The van der Waals surface area contributed by atoms with Crippen LogP contribution in [0.2, 0.25) is 0 Å². The molecule has 442 valence electrons. The van der Waals surface area contributed by atoms with Crippen LogP contribution >= 0.6 is 0 Å². The number of benzene rings is 14. The first-order chi connectivity index (χ1) is 47.1. The van der Waals surface area contributed by atoms with E-state index in [2.05, 4.69) is 322 Å². The van der Waals surface area contributed by atoms with Gasteiger partial charge < -0.3 is 18.9 Å². The third-order valence-electron chi connectivity index (χ3n) is 19.3. The average Bonchev–Trinajstić information content (AvgIpc) is 1.24. The summed E-state index contributed by atoms with van der Waals surface area (Å²) in [6.07, 6.45) is 0. The summed E-state index contributed by atoms with van der Waals surface area (Å²) in [4.78, 5) is 21.1. The first-order valence-corrected chi connectivity index (χ1v) is 32.4. The van der Waals surface area contributed by atoms with Crippen molar-refractivity contribution in [1.82, 2.24) is 24.1 Å². The predicted octanol–water partition coefficient (Wildman–Crippen LogP) is 20.2. The van der Waals surface area contributed by atoms with Gasteiger partial charge in [-0.25, -0.2) is 15.0 Å². The third kappa shape index (κ3) is 8.79. The molecule has 7 nitrogen and oxygen atoms in total. The summed E-state index contributed by atoms with van der Waals surface area (Å²) in [6, 6.07) is 123. The summed E-state index contributed by atoms with van der Waals surface area (Å²) in [7, 11) is 0. The Labute approximate surface area is 550 Å². The van der Waals surface area contributed by atoms with E-state index in [1.165, 1.54) is 49.9 Å². The zero-order valence-corrected chi connectivity index (χ0v) is 51.5. The van der Waals surface area contributed by atoms with Gasteiger partial charge >= 0.3 is 0 Å². The number of nitrogens with zero attached hydrogens (tertiary/aromatic N) is 7. The van der Waals surface area contributed by atoms with Crippen molar-refractivity contribution in [2.75, 3.05) is 9.80 Å². The second kappa shape index (κ2) is 22.0. The number of anilines is 6. The minimum Gasteiger partial charge on any atom is -0.311 e. The maximum absolute atomic E-state index is 5.47. The van der Waals surface area contributed by atoms with Gasteiger partial charge in [0, 0.05) is 83.6 Å². The van der Waals surface area contributed by atoms with Crippen LogP contribution in [0.15, 0.2) is 340 Å². The van der Waals surface area contributed by atoms with Crippen molar-refractivity contribution >= 4 is 101 Å². The van der Waals surface area contributed by atoms with Crippen LogP contribution in [0.5, 0.6) is 0 Å². The zero-order chi connectivity index (χ0) is 62.5. The second-order valence-corrected chi connectivity index (χ2v) is 24.6. The van der Waals surface area contributed by atoms with Gasteiger partial charge in [0.15, 0.2) is 17.5 Å². The van der Waals surface area contributed by atoms with Crippen molar-refractivity contribution < 1.29 is 0 Å². The van der Waals surface area contributed by atoms with Gasteiger partial charge in [-0.3, -0.25) is 0 Å². The summed E-state index contributed by atoms with van der Waals surface area (Å²) >= 11 is 0. The van der Waals surface area contributed by atoms with Crippen LogP contribution < -0.4 is 26.2 Å². The Balaban J connectivity index is 0.833. The summed E-state index contributed by atoms with van der Waals surface area (Å²) < 4.78 is 4.89. The van der Waals surface area contributed by atoms with Gasteiger partial charge in [0.05, 0.1) is 27.8 Å². The van der Waals surface area contributed by atoms with Crippen LogP contribution in [0.4, 0.5) is 34.1 Å². The van der Waals surface area contributed by atoms with E-state index in [0.717, 1.165) is 106 Å². The fourth-order valence-electron chi connectivity index (χ4n) is 15.2. The minimum absolute atomic E-state index is 0.0187. The highest BCUT2D eigenvalue weighted by Gasteiger charge is 2.43. The molecule has 2 aliphatic rings. The number of rotatable bonds is 10. The Morgan fingerprint density at radius 1 is 0.232 bits per heavy atom. The molecule has 0 N–H and O–H groups in total. The molecule has 5 heterocycles. The smallest absolute Gasteiger partial charge is 0.252 e. The molecule has 2 aliphatic heterocycles. The Hall–Kier alpha value is -12.6.